The summed E-state index contributed by atoms with van der Waals surface area (Å²) in [4.78, 5) is 24.3. The first-order chi connectivity index (χ1) is 12.5. The van der Waals surface area contributed by atoms with Crippen LogP contribution in [-0.2, 0) is 9.53 Å². The maximum Gasteiger partial charge on any atom is 0.404 e. The first kappa shape index (κ1) is 18.1. The van der Waals surface area contributed by atoms with E-state index in [0.29, 0.717) is 37.7 Å². The predicted octanol–water partition coefficient (Wildman–Crippen LogP) is 2.50. The molecule has 0 unspecified atom stereocenters. The molecule has 1 aromatic carbocycles. The molecular weight excluding hydrogens is 406 g/mol. The van der Waals surface area contributed by atoms with Crippen molar-refractivity contribution in [3.63, 3.8) is 0 Å². The topological polar surface area (TPSA) is 103 Å². The SMILES string of the molecule is C=CC(=O)Nc1cc(N2CCOCC2)cc(-n2cc(Br)c([N+](=O)[O-])n2)c1. The van der Waals surface area contributed by atoms with Crippen molar-refractivity contribution >= 4 is 39.0 Å². The molecule has 2 aromatic rings. The van der Waals surface area contributed by atoms with Crippen molar-refractivity contribution in [3.8, 4) is 5.69 Å². The second-order valence-corrected chi connectivity index (χ2v) is 6.39. The fourth-order valence-corrected chi connectivity index (χ4v) is 3.01. The number of nitro groups is 1. The Morgan fingerprint density at radius 2 is 2.04 bits per heavy atom. The Morgan fingerprint density at radius 3 is 2.65 bits per heavy atom. The summed E-state index contributed by atoms with van der Waals surface area (Å²) in [5.74, 6) is -0.624. The van der Waals surface area contributed by atoms with Gasteiger partial charge in [-0.2, -0.15) is 0 Å². The third-order valence-corrected chi connectivity index (χ3v) is 4.38. The number of ether oxygens (including phenoxy) is 1. The molecule has 1 aliphatic heterocycles. The van der Waals surface area contributed by atoms with Crippen LogP contribution in [0.1, 0.15) is 0 Å². The number of anilines is 2. The van der Waals surface area contributed by atoms with Gasteiger partial charge in [0.25, 0.3) is 0 Å². The normalized spacial score (nSPS) is 14.1. The summed E-state index contributed by atoms with van der Waals surface area (Å²) in [5.41, 5.74) is 1.99. The van der Waals surface area contributed by atoms with Gasteiger partial charge in [-0.15, -0.1) is 4.68 Å². The largest absolute Gasteiger partial charge is 0.404 e. The maximum absolute atomic E-state index is 11.7. The average Bonchev–Trinajstić information content (AvgIpc) is 3.04. The van der Waals surface area contributed by atoms with E-state index in [0.717, 1.165) is 5.69 Å². The Kier molecular flexibility index (Phi) is 5.33. The molecule has 26 heavy (non-hydrogen) atoms. The predicted molar refractivity (Wildman–Crippen MR) is 99.8 cm³/mol. The lowest BCUT2D eigenvalue weighted by atomic mass is 10.2. The third kappa shape index (κ3) is 3.92. The molecule has 0 saturated carbocycles. The monoisotopic (exact) mass is 421 g/mol. The lowest BCUT2D eigenvalue weighted by Crippen LogP contribution is -2.36. The van der Waals surface area contributed by atoms with Crippen LogP contribution < -0.4 is 10.2 Å². The van der Waals surface area contributed by atoms with Crippen LogP contribution >= 0.6 is 15.9 Å². The average molecular weight is 422 g/mol. The van der Waals surface area contributed by atoms with Gasteiger partial charge >= 0.3 is 5.82 Å². The van der Waals surface area contributed by atoms with Crippen LogP contribution in [0, 0.1) is 10.1 Å². The second kappa shape index (κ2) is 7.67. The number of hydrogen-bond acceptors (Lipinski definition) is 6. The Bertz CT molecular complexity index is 860. The van der Waals surface area contributed by atoms with E-state index >= 15 is 0 Å². The number of carbonyl (C=O) groups is 1. The van der Waals surface area contributed by atoms with Crippen molar-refractivity contribution in [2.45, 2.75) is 0 Å². The smallest absolute Gasteiger partial charge is 0.378 e. The molecular formula is C16H16BrN5O4. The summed E-state index contributed by atoms with van der Waals surface area (Å²) in [6.45, 7) is 6.08. The molecule has 3 rings (SSSR count). The summed E-state index contributed by atoms with van der Waals surface area (Å²) >= 11 is 3.15. The highest BCUT2D eigenvalue weighted by Crippen LogP contribution is 2.29. The van der Waals surface area contributed by atoms with E-state index in [1.165, 1.54) is 17.0 Å². The number of hydrogen-bond donors (Lipinski definition) is 1. The van der Waals surface area contributed by atoms with Crippen LogP contribution in [0.3, 0.4) is 0 Å². The zero-order valence-electron chi connectivity index (χ0n) is 13.7. The molecule has 1 aliphatic rings. The highest BCUT2D eigenvalue weighted by Gasteiger charge is 2.21. The van der Waals surface area contributed by atoms with E-state index < -0.39 is 4.92 Å². The Hall–Kier alpha value is -2.72. The number of halogens is 1. The highest BCUT2D eigenvalue weighted by atomic mass is 79.9. The Morgan fingerprint density at radius 1 is 1.35 bits per heavy atom. The lowest BCUT2D eigenvalue weighted by molar-refractivity contribution is -0.390. The molecule has 0 radical (unpaired) electrons. The summed E-state index contributed by atoms with van der Waals surface area (Å²) in [6.07, 6.45) is 2.69. The van der Waals surface area contributed by atoms with Crippen molar-refractivity contribution in [2.75, 3.05) is 36.5 Å². The number of morpholine rings is 1. The molecule has 0 aliphatic carbocycles. The Labute approximate surface area is 157 Å². The third-order valence-electron chi connectivity index (χ3n) is 3.82. The molecule has 0 spiro atoms. The first-order valence-corrected chi connectivity index (χ1v) is 8.58. The van der Waals surface area contributed by atoms with E-state index in [-0.39, 0.29) is 16.2 Å². The van der Waals surface area contributed by atoms with Gasteiger partial charge in [-0.1, -0.05) is 6.58 Å². The van der Waals surface area contributed by atoms with Gasteiger partial charge in [0.2, 0.25) is 5.91 Å². The standard InChI is InChI=1S/C16H16BrN5O4/c1-2-15(23)18-11-7-12(20-3-5-26-6-4-20)9-13(8-11)21-10-14(17)16(19-21)22(24)25/h2,7-10H,1,3-6H2,(H,18,23). The minimum Gasteiger partial charge on any atom is -0.378 e. The quantitative estimate of drug-likeness (QED) is 0.451. The summed E-state index contributed by atoms with van der Waals surface area (Å²) in [7, 11) is 0. The van der Waals surface area contributed by atoms with E-state index in [1.807, 2.05) is 12.1 Å². The van der Waals surface area contributed by atoms with Crippen molar-refractivity contribution in [3.05, 3.63) is 51.6 Å². The van der Waals surface area contributed by atoms with Crippen LogP contribution in [0.15, 0.2) is 41.5 Å². The van der Waals surface area contributed by atoms with E-state index in [9.17, 15) is 14.9 Å². The van der Waals surface area contributed by atoms with Crippen molar-refractivity contribution < 1.29 is 14.5 Å². The molecule has 0 bridgehead atoms. The van der Waals surface area contributed by atoms with Gasteiger partial charge in [-0.05, 0) is 45.1 Å². The van der Waals surface area contributed by atoms with Gasteiger partial charge in [-0.25, -0.2) is 0 Å². The van der Waals surface area contributed by atoms with Crippen LogP contribution in [0.4, 0.5) is 17.2 Å². The van der Waals surface area contributed by atoms with Gasteiger partial charge in [0.15, 0.2) is 0 Å². The minimum atomic E-state index is -0.563. The van der Waals surface area contributed by atoms with Crippen LogP contribution in [0.25, 0.3) is 5.69 Å². The zero-order chi connectivity index (χ0) is 18.7. The number of nitrogens with one attached hydrogen (secondary N) is 1. The van der Waals surface area contributed by atoms with E-state index in [4.69, 9.17) is 4.74 Å². The summed E-state index contributed by atoms with van der Waals surface area (Å²) < 4.78 is 7.04. The molecule has 1 N–H and O–H groups in total. The van der Waals surface area contributed by atoms with E-state index in [1.54, 1.807) is 6.07 Å². The molecule has 1 aromatic heterocycles. The van der Waals surface area contributed by atoms with Gasteiger partial charge < -0.3 is 25.1 Å². The maximum atomic E-state index is 11.7. The number of aromatic nitrogens is 2. The number of rotatable bonds is 5. The first-order valence-electron chi connectivity index (χ1n) is 7.79. The number of amides is 1. The molecule has 9 nitrogen and oxygen atoms in total. The highest BCUT2D eigenvalue weighted by molar-refractivity contribution is 9.10. The molecule has 1 fully saturated rings. The van der Waals surface area contributed by atoms with Gasteiger partial charge in [0.05, 0.1) is 30.2 Å². The fraction of sp³-hybridized carbons (Fsp3) is 0.250. The van der Waals surface area contributed by atoms with Gasteiger partial charge in [0.1, 0.15) is 4.47 Å². The van der Waals surface area contributed by atoms with Crippen LogP contribution in [0.2, 0.25) is 0 Å². The van der Waals surface area contributed by atoms with Crippen molar-refractivity contribution in [1.29, 1.82) is 0 Å². The molecule has 1 amide bonds. The lowest BCUT2D eigenvalue weighted by Gasteiger charge is -2.29. The molecule has 136 valence electrons. The van der Waals surface area contributed by atoms with Crippen LogP contribution in [0.5, 0.6) is 0 Å². The molecule has 0 atom stereocenters. The number of benzene rings is 1. The van der Waals surface area contributed by atoms with Crippen LogP contribution in [-0.4, -0.2) is 46.9 Å². The number of nitrogens with zero attached hydrogens (tertiary/aromatic N) is 4. The van der Waals surface area contributed by atoms with Crippen molar-refractivity contribution in [2.24, 2.45) is 0 Å². The Balaban J connectivity index is 2.03. The summed E-state index contributed by atoms with van der Waals surface area (Å²) in [5, 5.41) is 17.8. The number of carbonyl (C=O) groups excluding carboxylic acids is 1. The van der Waals surface area contributed by atoms with E-state index in [2.05, 4.69) is 37.8 Å². The zero-order valence-corrected chi connectivity index (χ0v) is 15.3. The van der Waals surface area contributed by atoms with Crippen molar-refractivity contribution in [1.82, 2.24) is 9.78 Å². The minimum absolute atomic E-state index is 0.274. The second-order valence-electron chi connectivity index (χ2n) is 5.53. The molecule has 10 heteroatoms. The van der Waals surface area contributed by atoms with Gasteiger partial charge in [0, 0.05) is 24.5 Å². The van der Waals surface area contributed by atoms with Gasteiger partial charge in [-0.3, -0.25) is 4.79 Å². The summed E-state index contributed by atoms with van der Waals surface area (Å²) in [6, 6.07) is 5.38. The molecule has 1 saturated heterocycles. The molecule has 2 heterocycles. The fourth-order valence-electron chi connectivity index (χ4n) is 2.60.